The first-order valence-electron chi connectivity index (χ1n) is 5.37. The fourth-order valence-corrected chi connectivity index (χ4v) is 2.23. The van der Waals surface area contributed by atoms with Crippen molar-refractivity contribution in [2.75, 3.05) is 11.9 Å². The van der Waals surface area contributed by atoms with E-state index in [-0.39, 0.29) is 0 Å². The number of thiazole rings is 1. The Morgan fingerprint density at radius 3 is 2.81 bits per heavy atom. The molecular weight excluding hydrogens is 220 g/mol. The van der Waals surface area contributed by atoms with Crippen molar-refractivity contribution in [2.45, 2.75) is 27.3 Å². The van der Waals surface area contributed by atoms with Gasteiger partial charge in [0, 0.05) is 18.1 Å². The monoisotopic (exact) mass is 236 g/mol. The highest BCUT2D eigenvalue weighted by molar-refractivity contribution is 7.09. The minimum absolute atomic E-state index is 0.785. The van der Waals surface area contributed by atoms with Gasteiger partial charge in [-0.3, -0.25) is 0 Å². The van der Waals surface area contributed by atoms with Crippen LogP contribution in [0, 0.1) is 13.8 Å². The average Bonchev–Trinajstić information content (AvgIpc) is 2.76. The van der Waals surface area contributed by atoms with E-state index >= 15 is 0 Å². The number of nitrogens with zero attached hydrogens (tertiary/aromatic N) is 3. The summed E-state index contributed by atoms with van der Waals surface area (Å²) in [5.74, 6) is 0.922. The first-order chi connectivity index (χ1) is 7.69. The number of aromatic nitrogens is 3. The van der Waals surface area contributed by atoms with Crippen molar-refractivity contribution in [2.24, 2.45) is 0 Å². The van der Waals surface area contributed by atoms with E-state index in [0.717, 1.165) is 35.4 Å². The van der Waals surface area contributed by atoms with E-state index < -0.39 is 0 Å². The van der Waals surface area contributed by atoms with Gasteiger partial charge in [0.05, 0.1) is 22.9 Å². The molecule has 0 amide bonds. The maximum absolute atomic E-state index is 4.46. The Hall–Kier alpha value is -1.36. The highest BCUT2D eigenvalue weighted by Crippen LogP contribution is 2.14. The van der Waals surface area contributed by atoms with E-state index in [0.29, 0.717) is 0 Å². The molecule has 0 aliphatic heterocycles. The van der Waals surface area contributed by atoms with Gasteiger partial charge in [-0.1, -0.05) is 0 Å². The Morgan fingerprint density at radius 2 is 2.19 bits per heavy atom. The molecule has 0 aromatic carbocycles. The molecule has 1 N–H and O–H groups in total. The van der Waals surface area contributed by atoms with Gasteiger partial charge in [0.25, 0.3) is 0 Å². The Morgan fingerprint density at radius 1 is 1.38 bits per heavy atom. The van der Waals surface area contributed by atoms with Gasteiger partial charge in [-0.05, 0) is 20.8 Å². The predicted molar refractivity (Wildman–Crippen MR) is 67.1 cm³/mol. The van der Waals surface area contributed by atoms with E-state index in [1.54, 1.807) is 11.3 Å². The third-order valence-corrected chi connectivity index (χ3v) is 3.05. The number of hydrogen-bond donors (Lipinski definition) is 1. The number of rotatable bonds is 4. The molecule has 0 aliphatic rings. The molecule has 5 heteroatoms. The molecule has 0 radical (unpaired) electrons. The van der Waals surface area contributed by atoms with Gasteiger partial charge >= 0.3 is 0 Å². The molecular formula is C11H16N4S. The second kappa shape index (κ2) is 4.65. The van der Waals surface area contributed by atoms with Gasteiger partial charge in [-0.15, -0.1) is 11.3 Å². The van der Waals surface area contributed by atoms with Crippen molar-refractivity contribution in [3.05, 3.63) is 28.0 Å². The lowest BCUT2D eigenvalue weighted by atomic mass is 10.4. The standard InChI is InChI=1S/C11H16N4S/c1-4-12-11-13-8(2)5-15(11)6-10-7-16-9(3)14-10/h5,7H,4,6H2,1-3H3,(H,12,13). The highest BCUT2D eigenvalue weighted by Gasteiger charge is 2.06. The highest BCUT2D eigenvalue weighted by atomic mass is 32.1. The van der Waals surface area contributed by atoms with Crippen LogP contribution in [0.3, 0.4) is 0 Å². The summed E-state index contributed by atoms with van der Waals surface area (Å²) in [4.78, 5) is 8.89. The van der Waals surface area contributed by atoms with Crippen molar-refractivity contribution < 1.29 is 0 Å². The number of imidazole rings is 1. The molecule has 2 aromatic rings. The fraction of sp³-hybridized carbons (Fsp3) is 0.455. The molecule has 0 unspecified atom stereocenters. The van der Waals surface area contributed by atoms with Crippen molar-refractivity contribution in [1.29, 1.82) is 0 Å². The Labute approximate surface area is 99.4 Å². The average molecular weight is 236 g/mol. The van der Waals surface area contributed by atoms with E-state index in [1.807, 2.05) is 20.0 Å². The van der Waals surface area contributed by atoms with Crippen LogP contribution < -0.4 is 5.32 Å². The van der Waals surface area contributed by atoms with E-state index in [2.05, 4.69) is 32.2 Å². The molecule has 0 fully saturated rings. The Bertz CT molecular complexity index is 472. The van der Waals surface area contributed by atoms with Gasteiger partial charge in [-0.2, -0.15) is 0 Å². The van der Waals surface area contributed by atoms with Crippen molar-refractivity contribution in [3.63, 3.8) is 0 Å². The molecule has 16 heavy (non-hydrogen) atoms. The molecule has 0 spiro atoms. The molecule has 2 rings (SSSR count). The van der Waals surface area contributed by atoms with Gasteiger partial charge in [-0.25, -0.2) is 9.97 Å². The number of nitrogens with one attached hydrogen (secondary N) is 1. The van der Waals surface area contributed by atoms with Gasteiger partial charge in [0.2, 0.25) is 5.95 Å². The molecule has 4 nitrogen and oxygen atoms in total. The number of anilines is 1. The predicted octanol–water partition coefficient (Wildman–Crippen LogP) is 2.44. The van der Waals surface area contributed by atoms with E-state index in [4.69, 9.17) is 0 Å². The lowest BCUT2D eigenvalue weighted by molar-refractivity contribution is 0.779. The van der Waals surface area contributed by atoms with Crippen LogP contribution in [0.25, 0.3) is 0 Å². The first-order valence-corrected chi connectivity index (χ1v) is 6.25. The minimum Gasteiger partial charge on any atom is -0.356 e. The fourth-order valence-electron chi connectivity index (χ4n) is 1.62. The summed E-state index contributed by atoms with van der Waals surface area (Å²) in [6, 6.07) is 0. The Kier molecular flexibility index (Phi) is 3.24. The summed E-state index contributed by atoms with van der Waals surface area (Å²) < 4.78 is 2.10. The van der Waals surface area contributed by atoms with Crippen LogP contribution in [0.1, 0.15) is 23.3 Å². The molecule has 0 saturated heterocycles. The largest absolute Gasteiger partial charge is 0.356 e. The summed E-state index contributed by atoms with van der Waals surface area (Å²) in [7, 11) is 0. The molecule has 2 aromatic heterocycles. The number of aryl methyl sites for hydroxylation is 2. The van der Waals surface area contributed by atoms with Crippen molar-refractivity contribution >= 4 is 17.3 Å². The molecule has 2 heterocycles. The van der Waals surface area contributed by atoms with Crippen LogP contribution in [-0.4, -0.2) is 21.1 Å². The Balaban J connectivity index is 2.19. The summed E-state index contributed by atoms with van der Waals surface area (Å²) in [6.45, 7) is 7.77. The van der Waals surface area contributed by atoms with E-state index in [1.165, 1.54) is 0 Å². The second-order valence-electron chi connectivity index (χ2n) is 3.72. The van der Waals surface area contributed by atoms with Crippen molar-refractivity contribution in [1.82, 2.24) is 14.5 Å². The van der Waals surface area contributed by atoms with Crippen LogP contribution in [-0.2, 0) is 6.54 Å². The zero-order valence-corrected chi connectivity index (χ0v) is 10.6. The summed E-state index contributed by atoms with van der Waals surface area (Å²) in [5.41, 5.74) is 2.13. The van der Waals surface area contributed by atoms with Gasteiger partial charge in [0.1, 0.15) is 0 Å². The zero-order valence-electron chi connectivity index (χ0n) is 9.82. The third kappa shape index (κ3) is 2.41. The maximum Gasteiger partial charge on any atom is 0.203 e. The molecule has 0 aliphatic carbocycles. The smallest absolute Gasteiger partial charge is 0.203 e. The first kappa shape index (κ1) is 11.1. The number of hydrogen-bond acceptors (Lipinski definition) is 4. The zero-order chi connectivity index (χ0) is 11.5. The van der Waals surface area contributed by atoms with E-state index in [9.17, 15) is 0 Å². The minimum atomic E-state index is 0.785. The maximum atomic E-state index is 4.46. The summed E-state index contributed by atoms with van der Waals surface area (Å²) >= 11 is 1.68. The second-order valence-corrected chi connectivity index (χ2v) is 4.78. The lowest BCUT2D eigenvalue weighted by Crippen LogP contribution is -2.07. The van der Waals surface area contributed by atoms with Crippen LogP contribution >= 0.6 is 11.3 Å². The molecule has 86 valence electrons. The SMILES string of the molecule is CCNc1nc(C)cn1Cc1csc(C)n1. The van der Waals surface area contributed by atoms with Gasteiger partial charge < -0.3 is 9.88 Å². The van der Waals surface area contributed by atoms with Crippen LogP contribution in [0.2, 0.25) is 0 Å². The van der Waals surface area contributed by atoms with Crippen LogP contribution in [0.15, 0.2) is 11.6 Å². The lowest BCUT2D eigenvalue weighted by Gasteiger charge is -2.06. The molecule has 0 atom stereocenters. The quantitative estimate of drug-likeness (QED) is 0.886. The molecule has 0 saturated carbocycles. The van der Waals surface area contributed by atoms with Crippen molar-refractivity contribution in [3.8, 4) is 0 Å². The van der Waals surface area contributed by atoms with Crippen LogP contribution in [0.5, 0.6) is 0 Å². The van der Waals surface area contributed by atoms with Crippen LogP contribution in [0.4, 0.5) is 5.95 Å². The molecule has 0 bridgehead atoms. The topological polar surface area (TPSA) is 42.7 Å². The summed E-state index contributed by atoms with van der Waals surface area (Å²) in [5, 5.41) is 6.46. The normalized spacial score (nSPS) is 10.7. The van der Waals surface area contributed by atoms with Gasteiger partial charge in [0.15, 0.2) is 0 Å². The third-order valence-electron chi connectivity index (χ3n) is 2.23. The summed E-state index contributed by atoms with van der Waals surface area (Å²) in [6.07, 6.45) is 2.05.